The van der Waals surface area contributed by atoms with E-state index in [0.717, 1.165) is 16.9 Å². The van der Waals surface area contributed by atoms with E-state index in [1.807, 2.05) is 49.4 Å². The van der Waals surface area contributed by atoms with Crippen LogP contribution in [0.4, 0.5) is 17.2 Å². The quantitative estimate of drug-likeness (QED) is 0.392. The summed E-state index contributed by atoms with van der Waals surface area (Å²) in [6, 6.07) is 25.8. The Morgan fingerprint density at radius 1 is 0.750 bits per heavy atom. The third-order valence-electron chi connectivity index (χ3n) is 4.83. The van der Waals surface area contributed by atoms with Crippen LogP contribution in [0.3, 0.4) is 0 Å². The minimum Gasteiger partial charge on any atom is -0.340 e. The molecule has 0 unspecified atom stereocenters. The zero-order valence-electron chi connectivity index (χ0n) is 17.8. The van der Waals surface area contributed by atoms with Gasteiger partial charge in [0.1, 0.15) is 11.6 Å². The van der Waals surface area contributed by atoms with Gasteiger partial charge in [-0.2, -0.15) is 0 Å². The lowest BCUT2D eigenvalue weighted by Crippen LogP contribution is -2.12. The fourth-order valence-electron chi connectivity index (χ4n) is 3.29. The molecule has 0 saturated heterocycles. The average Bonchev–Trinajstić information content (AvgIpc) is 2.79. The van der Waals surface area contributed by atoms with Gasteiger partial charge in [-0.1, -0.05) is 48.5 Å². The first kappa shape index (κ1) is 20.9. The normalized spacial score (nSPS) is 10.4. The fraction of sp³-hybridized carbons (Fsp3) is 0.0769. The molecule has 1 heterocycles. The number of amides is 1. The molecule has 0 atom stereocenters. The summed E-state index contributed by atoms with van der Waals surface area (Å²) < 4.78 is 0. The predicted octanol–water partition coefficient (Wildman–Crippen LogP) is 5.65. The van der Waals surface area contributed by atoms with Gasteiger partial charge in [0, 0.05) is 34.1 Å². The number of benzene rings is 3. The number of nitrogens with one attached hydrogen (secondary N) is 2. The van der Waals surface area contributed by atoms with Gasteiger partial charge in [-0.25, -0.2) is 9.97 Å². The largest absolute Gasteiger partial charge is 0.340 e. The maximum Gasteiger partial charge on any atom is 0.255 e. The molecule has 2 N–H and O–H groups in total. The van der Waals surface area contributed by atoms with E-state index in [4.69, 9.17) is 0 Å². The Bertz CT molecular complexity index is 1290. The lowest BCUT2D eigenvalue weighted by molar-refractivity contribution is 0.101. The first-order chi connectivity index (χ1) is 15.5. The number of nitrogens with zero attached hydrogens (tertiary/aromatic N) is 2. The Hall–Kier alpha value is -4.32. The molecular weight excluding hydrogens is 400 g/mol. The highest BCUT2D eigenvalue weighted by Gasteiger charge is 2.10. The molecule has 3 aromatic carbocycles. The number of hydrogen-bond donors (Lipinski definition) is 2. The first-order valence-electron chi connectivity index (χ1n) is 10.2. The van der Waals surface area contributed by atoms with Gasteiger partial charge in [-0.15, -0.1) is 0 Å². The van der Waals surface area contributed by atoms with Crippen molar-refractivity contribution in [1.82, 2.24) is 9.97 Å². The van der Waals surface area contributed by atoms with Gasteiger partial charge in [0.2, 0.25) is 0 Å². The second-order valence-electron chi connectivity index (χ2n) is 7.35. The van der Waals surface area contributed by atoms with E-state index in [9.17, 15) is 9.59 Å². The number of aryl methyl sites for hydroxylation is 1. The highest BCUT2D eigenvalue weighted by atomic mass is 16.1. The molecule has 32 heavy (non-hydrogen) atoms. The number of aromatic nitrogens is 2. The SMILES string of the molecule is CC(=O)c1cccc(NC(=O)c2cccc(Nc3cc(-c4ccccc4)nc(C)n3)c2)c1. The summed E-state index contributed by atoms with van der Waals surface area (Å²) in [5.74, 6) is 0.969. The molecule has 6 heteroatoms. The topological polar surface area (TPSA) is 84.0 Å². The number of ketones is 1. The van der Waals surface area contributed by atoms with Crippen molar-refractivity contribution in [3.05, 3.63) is 102 Å². The van der Waals surface area contributed by atoms with E-state index in [1.54, 1.807) is 42.5 Å². The first-order valence-corrected chi connectivity index (χ1v) is 10.2. The van der Waals surface area contributed by atoms with Gasteiger partial charge >= 0.3 is 0 Å². The van der Waals surface area contributed by atoms with E-state index in [-0.39, 0.29) is 11.7 Å². The summed E-state index contributed by atoms with van der Waals surface area (Å²) in [6.45, 7) is 3.34. The van der Waals surface area contributed by atoms with Crippen LogP contribution >= 0.6 is 0 Å². The molecule has 1 amide bonds. The minimum absolute atomic E-state index is 0.0534. The summed E-state index contributed by atoms with van der Waals surface area (Å²) in [5.41, 5.74) is 4.15. The molecule has 0 bridgehead atoms. The van der Waals surface area contributed by atoms with Crippen molar-refractivity contribution >= 4 is 28.9 Å². The number of carbonyl (C=O) groups is 2. The Labute approximate surface area is 186 Å². The Morgan fingerprint density at radius 3 is 2.19 bits per heavy atom. The van der Waals surface area contributed by atoms with Crippen molar-refractivity contribution in [2.24, 2.45) is 0 Å². The van der Waals surface area contributed by atoms with Crippen LogP contribution in [0.1, 0.15) is 33.5 Å². The molecule has 4 aromatic rings. The van der Waals surface area contributed by atoms with Crippen molar-refractivity contribution in [3.8, 4) is 11.3 Å². The fourth-order valence-corrected chi connectivity index (χ4v) is 3.29. The third kappa shape index (κ3) is 5.05. The highest BCUT2D eigenvalue weighted by molar-refractivity contribution is 6.05. The number of hydrogen-bond acceptors (Lipinski definition) is 5. The maximum atomic E-state index is 12.7. The van der Waals surface area contributed by atoms with Gasteiger partial charge in [0.15, 0.2) is 5.78 Å². The average molecular weight is 422 g/mol. The smallest absolute Gasteiger partial charge is 0.255 e. The summed E-state index contributed by atoms with van der Waals surface area (Å²) in [7, 11) is 0. The van der Waals surface area contributed by atoms with E-state index in [0.29, 0.717) is 28.5 Å². The third-order valence-corrected chi connectivity index (χ3v) is 4.83. The van der Waals surface area contributed by atoms with Gasteiger partial charge in [0.05, 0.1) is 5.69 Å². The van der Waals surface area contributed by atoms with Gasteiger partial charge in [-0.3, -0.25) is 9.59 Å². The molecule has 0 aliphatic carbocycles. The minimum atomic E-state index is -0.266. The van der Waals surface area contributed by atoms with Crippen LogP contribution in [-0.2, 0) is 0 Å². The van der Waals surface area contributed by atoms with E-state index in [2.05, 4.69) is 20.6 Å². The molecule has 0 aliphatic heterocycles. The zero-order valence-corrected chi connectivity index (χ0v) is 17.8. The summed E-state index contributed by atoms with van der Waals surface area (Å²) in [4.78, 5) is 33.3. The molecule has 158 valence electrons. The van der Waals surface area contributed by atoms with Crippen LogP contribution < -0.4 is 10.6 Å². The van der Waals surface area contributed by atoms with Crippen molar-refractivity contribution < 1.29 is 9.59 Å². The molecular formula is C26H22N4O2. The van der Waals surface area contributed by atoms with Gasteiger partial charge < -0.3 is 10.6 Å². The number of rotatable bonds is 6. The summed E-state index contributed by atoms with van der Waals surface area (Å²) >= 11 is 0. The highest BCUT2D eigenvalue weighted by Crippen LogP contribution is 2.23. The van der Waals surface area contributed by atoms with Crippen LogP contribution in [-0.4, -0.2) is 21.7 Å². The molecule has 0 saturated carbocycles. The molecule has 6 nitrogen and oxygen atoms in total. The molecule has 1 aromatic heterocycles. The molecule has 0 radical (unpaired) electrons. The lowest BCUT2D eigenvalue weighted by Gasteiger charge is -2.11. The Kier molecular flexibility index (Phi) is 6.03. The van der Waals surface area contributed by atoms with Crippen LogP contribution in [0.25, 0.3) is 11.3 Å². The molecule has 0 fully saturated rings. The van der Waals surface area contributed by atoms with Crippen LogP contribution in [0.15, 0.2) is 84.9 Å². The monoisotopic (exact) mass is 422 g/mol. The number of anilines is 3. The van der Waals surface area contributed by atoms with Crippen molar-refractivity contribution in [2.45, 2.75) is 13.8 Å². The van der Waals surface area contributed by atoms with E-state index < -0.39 is 0 Å². The van der Waals surface area contributed by atoms with E-state index in [1.165, 1.54) is 6.92 Å². The zero-order chi connectivity index (χ0) is 22.5. The lowest BCUT2D eigenvalue weighted by atomic mass is 10.1. The summed E-state index contributed by atoms with van der Waals surface area (Å²) in [6.07, 6.45) is 0. The standard InChI is InChI=1S/C26H22N4O2/c1-17(31)20-10-6-13-23(14-20)30-26(32)21-11-7-12-22(15-21)29-25-16-24(27-18(2)28-25)19-8-4-3-5-9-19/h3-16H,1-2H3,(H,30,32)(H,27,28,29). The van der Waals surface area contributed by atoms with Crippen LogP contribution in [0, 0.1) is 6.92 Å². The van der Waals surface area contributed by atoms with Crippen molar-refractivity contribution in [1.29, 1.82) is 0 Å². The summed E-state index contributed by atoms with van der Waals surface area (Å²) in [5, 5.41) is 6.10. The molecule has 0 aliphatic rings. The molecule has 4 rings (SSSR count). The number of carbonyl (C=O) groups excluding carboxylic acids is 2. The maximum absolute atomic E-state index is 12.7. The predicted molar refractivity (Wildman–Crippen MR) is 126 cm³/mol. The van der Waals surface area contributed by atoms with Gasteiger partial charge in [-0.05, 0) is 44.2 Å². The number of Topliss-reactive ketones (excluding diaryl/α,β-unsaturated/α-hetero) is 1. The van der Waals surface area contributed by atoms with E-state index >= 15 is 0 Å². The van der Waals surface area contributed by atoms with Crippen LogP contribution in [0.5, 0.6) is 0 Å². The Morgan fingerprint density at radius 2 is 1.44 bits per heavy atom. The second kappa shape index (κ2) is 9.22. The van der Waals surface area contributed by atoms with Crippen LogP contribution in [0.2, 0.25) is 0 Å². The van der Waals surface area contributed by atoms with Crippen molar-refractivity contribution in [2.75, 3.05) is 10.6 Å². The van der Waals surface area contributed by atoms with Gasteiger partial charge in [0.25, 0.3) is 5.91 Å². The second-order valence-corrected chi connectivity index (χ2v) is 7.35. The Balaban J connectivity index is 1.54. The molecule has 0 spiro atoms. The van der Waals surface area contributed by atoms with Crippen molar-refractivity contribution in [3.63, 3.8) is 0 Å².